The third-order valence-electron chi connectivity index (χ3n) is 4.28. The van der Waals surface area contributed by atoms with Gasteiger partial charge in [-0.3, -0.25) is 9.78 Å². The second-order valence-corrected chi connectivity index (χ2v) is 7.01. The molecule has 0 radical (unpaired) electrons. The van der Waals surface area contributed by atoms with Gasteiger partial charge in [0, 0.05) is 16.9 Å². The van der Waals surface area contributed by atoms with Crippen molar-refractivity contribution in [3.63, 3.8) is 0 Å². The van der Waals surface area contributed by atoms with Gasteiger partial charge in [-0.2, -0.15) is 0 Å². The highest BCUT2D eigenvalue weighted by Gasteiger charge is 2.25. The molecular weight excluding hydrogens is 384 g/mol. The molecule has 1 aliphatic rings. The lowest BCUT2D eigenvalue weighted by Gasteiger charge is -2.27. The third-order valence-corrected chi connectivity index (χ3v) is 4.71. The van der Waals surface area contributed by atoms with E-state index in [9.17, 15) is 9.59 Å². The Labute approximate surface area is 154 Å². The van der Waals surface area contributed by atoms with Gasteiger partial charge in [-0.1, -0.05) is 24.3 Å². The van der Waals surface area contributed by atoms with Crippen LogP contribution in [0.3, 0.4) is 0 Å². The topological polar surface area (TPSA) is 68.3 Å². The Morgan fingerprint density at radius 3 is 2.92 bits per heavy atom. The van der Waals surface area contributed by atoms with Crippen LogP contribution < -0.4 is 5.32 Å². The van der Waals surface area contributed by atoms with Crippen molar-refractivity contribution < 1.29 is 14.3 Å². The van der Waals surface area contributed by atoms with Crippen molar-refractivity contribution in [2.75, 3.05) is 0 Å². The van der Waals surface area contributed by atoms with Gasteiger partial charge in [0.15, 0.2) is 6.10 Å². The molecule has 0 aliphatic heterocycles. The normalized spacial score (nSPS) is 17.3. The van der Waals surface area contributed by atoms with Crippen LogP contribution in [0.5, 0.6) is 0 Å². The number of amides is 1. The standard InChI is InChI=1S/C19H19BrN2O3/c1-12(25-19(24)14-9-15(20)11-21-10-14)18(23)22-17-8-4-6-13-5-2-3-7-16(13)17/h2-3,5,7,9-12,17H,4,6,8H2,1H3,(H,22,23). The number of benzene rings is 1. The number of fused-ring (bicyclic) bond motifs is 1. The number of nitrogens with zero attached hydrogens (tertiary/aromatic N) is 1. The largest absolute Gasteiger partial charge is 0.449 e. The number of ether oxygens (including phenoxy) is 1. The first-order valence-electron chi connectivity index (χ1n) is 8.24. The lowest BCUT2D eigenvalue weighted by Crippen LogP contribution is -2.39. The summed E-state index contributed by atoms with van der Waals surface area (Å²) < 4.78 is 5.95. The van der Waals surface area contributed by atoms with Gasteiger partial charge >= 0.3 is 5.97 Å². The molecule has 0 saturated heterocycles. The molecule has 2 atom stereocenters. The second kappa shape index (κ2) is 7.78. The number of rotatable bonds is 4. The molecule has 25 heavy (non-hydrogen) atoms. The zero-order chi connectivity index (χ0) is 17.8. The summed E-state index contributed by atoms with van der Waals surface area (Å²) in [6, 6.07) is 9.70. The predicted molar refractivity (Wildman–Crippen MR) is 97.1 cm³/mol. The van der Waals surface area contributed by atoms with E-state index in [4.69, 9.17) is 4.74 Å². The van der Waals surface area contributed by atoms with E-state index < -0.39 is 12.1 Å². The molecule has 1 heterocycles. The minimum Gasteiger partial charge on any atom is -0.449 e. The van der Waals surface area contributed by atoms with Crippen LogP contribution in [0.15, 0.2) is 47.2 Å². The number of aryl methyl sites for hydroxylation is 1. The molecule has 130 valence electrons. The maximum Gasteiger partial charge on any atom is 0.340 e. The summed E-state index contributed by atoms with van der Waals surface area (Å²) in [5, 5.41) is 3.00. The number of aromatic nitrogens is 1. The summed E-state index contributed by atoms with van der Waals surface area (Å²) in [5.74, 6) is -0.862. The van der Waals surface area contributed by atoms with Crippen LogP contribution in [0.25, 0.3) is 0 Å². The summed E-state index contributed by atoms with van der Waals surface area (Å²) in [6.45, 7) is 1.58. The molecule has 0 bridgehead atoms. The van der Waals surface area contributed by atoms with Gasteiger partial charge < -0.3 is 10.1 Å². The number of halogens is 1. The molecule has 0 spiro atoms. The zero-order valence-electron chi connectivity index (χ0n) is 13.9. The maximum atomic E-state index is 12.4. The van der Waals surface area contributed by atoms with Gasteiger partial charge in [0.05, 0.1) is 11.6 Å². The number of carbonyl (C=O) groups excluding carboxylic acids is 2. The third kappa shape index (κ3) is 4.25. The van der Waals surface area contributed by atoms with E-state index >= 15 is 0 Å². The molecule has 5 nitrogen and oxygen atoms in total. The molecule has 6 heteroatoms. The SMILES string of the molecule is CC(OC(=O)c1cncc(Br)c1)C(=O)NC1CCCc2ccccc21. The highest BCUT2D eigenvalue weighted by molar-refractivity contribution is 9.10. The molecule has 1 aromatic carbocycles. The van der Waals surface area contributed by atoms with Crippen LogP contribution in [-0.4, -0.2) is 23.0 Å². The van der Waals surface area contributed by atoms with Crippen LogP contribution >= 0.6 is 15.9 Å². The maximum absolute atomic E-state index is 12.4. The van der Waals surface area contributed by atoms with Crippen molar-refractivity contribution in [2.45, 2.75) is 38.3 Å². The van der Waals surface area contributed by atoms with Gasteiger partial charge in [-0.15, -0.1) is 0 Å². The van der Waals surface area contributed by atoms with Crippen LogP contribution in [0.4, 0.5) is 0 Å². The Morgan fingerprint density at radius 2 is 2.12 bits per heavy atom. The first kappa shape index (κ1) is 17.6. The number of esters is 1. The number of carbonyl (C=O) groups is 2. The van der Waals surface area contributed by atoms with Crippen LogP contribution in [-0.2, 0) is 16.0 Å². The van der Waals surface area contributed by atoms with Crippen LogP contribution in [0, 0.1) is 0 Å². The van der Waals surface area contributed by atoms with E-state index in [1.54, 1.807) is 19.2 Å². The fourth-order valence-electron chi connectivity index (χ4n) is 3.00. The highest BCUT2D eigenvalue weighted by atomic mass is 79.9. The Morgan fingerprint density at radius 1 is 1.32 bits per heavy atom. The van der Waals surface area contributed by atoms with Crippen molar-refractivity contribution in [2.24, 2.45) is 0 Å². The minimum absolute atomic E-state index is 0.0360. The fourth-order valence-corrected chi connectivity index (χ4v) is 3.36. The predicted octanol–water partition coefficient (Wildman–Crippen LogP) is 3.58. The smallest absolute Gasteiger partial charge is 0.340 e. The van der Waals surface area contributed by atoms with Gasteiger partial charge in [0.2, 0.25) is 0 Å². The minimum atomic E-state index is -0.874. The summed E-state index contributed by atoms with van der Waals surface area (Å²) in [5.41, 5.74) is 2.72. The lowest BCUT2D eigenvalue weighted by molar-refractivity contribution is -0.130. The van der Waals surface area contributed by atoms with Gasteiger partial charge in [-0.25, -0.2) is 4.79 Å². The van der Waals surface area contributed by atoms with Crippen molar-refractivity contribution >= 4 is 27.8 Å². The van der Waals surface area contributed by atoms with Crippen molar-refractivity contribution in [3.8, 4) is 0 Å². The van der Waals surface area contributed by atoms with Crippen molar-refractivity contribution in [3.05, 3.63) is 63.9 Å². The molecule has 0 saturated carbocycles. The van der Waals surface area contributed by atoms with E-state index in [1.807, 2.05) is 18.2 Å². The van der Waals surface area contributed by atoms with E-state index in [0.717, 1.165) is 24.8 Å². The lowest BCUT2D eigenvalue weighted by atomic mass is 9.87. The van der Waals surface area contributed by atoms with E-state index in [-0.39, 0.29) is 11.9 Å². The summed E-state index contributed by atoms with van der Waals surface area (Å²) >= 11 is 3.26. The number of nitrogens with one attached hydrogen (secondary N) is 1. The Balaban J connectivity index is 1.63. The Bertz CT molecular complexity index is 794. The van der Waals surface area contributed by atoms with E-state index in [0.29, 0.717) is 10.0 Å². The Hall–Kier alpha value is -2.21. The average molecular weight is 403 g/mol. The van der Waals surface area contributed by atoms with Gasteiger partial charge in [-0.05, 0) is 59.3 Å². The first-order chi connectivity index (χ1) is 12.0. The molecule has 2 aromatic rings. The molecule has 1 N–H and O–H groups in total. The summed E-state index contributed by atoms with van der Waals surface area (Å²) in [4.78, 5) is 28.5. The van der Waals surface area contributed by atoms with E-state index in [2.05, 4.69) is 32.3 Å². The molecular formula is C19H19BrN2O3. The monoisotopic (exact) mass is 402 g/mol. The zero-order valence-corrected chi connectivity index (χ0v) is 15.5. The average Bonchev–Trinajstić information content (AvgIpc) is 2.62. The van der Waals surface area contributed by atoms with Gasteiger partial charge in [0.25, 0.3) is 5.91 Å². The number of hydrogen-bond acceptors (Lipinski definition) is 4. The summed E-state index contributed by atoms with van der Waals surface area (Å²) in [6.07, 6.45) is 5.06. The fraction of sp³-hybridized carbons (Fsp3) is 0.316. The Kier molecular flexibility index (Phi) is 5.48. The van der Waals surface area contributed by atoms with Crippen molar-refractivity contribution in [1.29, 1.82) is 0 Å². The molecule has 0 fully saturated rings. The van der Waals surface area contributed by atoms with Crippen molar-refractivity contribution in [1.82, 2.24) is 10.3 Å². The highest BCUT2D eigenvalue weighted by Crippen LogP contribution is 2.29. The van der Waals surface area contributed by atoms with Gasteiger partial charge in [0.1, 0.15) is 0 Å². The quantitative estimate of drug-likeness (QED) is 0.793. The molecule has 1 aliphatic carbocycles. The number of pyridine rings is 1. The number of hydrogen-bond donors (Lipinski definition) is 1. The van der Waals surface area contributed by atoms with Crippen LogP contribution in [0.1, 0.15) is 47.3 Å². The molecule has 3 rings (SSSR count). The van der Waals surface area contributed by atoms with E-state index in [1.165, 1.54) is 11.8 Å². The summed E-state index contributed by atoms with van der Waals surface area (Å²) in [7, 11) is 0. The second-order valence-electron chi connectivity index (χ2n) is 6.09. The van der Waals surface area contributed by atoms with Crippen LogP contribution in [0.2, 0.25) is 0 Å². The molecule has 1 aromatic heterocycles. The molecule has 1 amide bonds. The molecule has 2 unspecified atom stereocenters. The first-order valence-corrected chi connectivity index (χ1v) is 9.03.